The fourth-order valence-electron chi connectivity index (χ4n) is 3.49. The van der Waals surface area contributed by atoms with Crippen LogP contribution in [0.5, 0.6) is 0 Å². The van der Waals surface area contributed by atoms with Crippen molar-refractivity contribution < 1.29 is 14.1 Å². The molecule has 2 aliphatic heterocycles. The first kappa shape index (κ1) is 18.4. The summed E-state index contributed by atoms with van der Waals surface area (Å²) < 4.78 is 5.30. The Morgan fingerprint density at radius 2 is 1.90 bits per heavy atom. The minimum absolute atomic E-state index is 0.0615. The van der Waals surface area contributed by atoms with Crippen LogP contribution >= 0.6 is 11.6 Å². The van der Waals surface area contributed by atoms with E-state index in [4.69, 9.17) is 16.1 Å². The van der Waals surface area contributed by atoms with E-state index in [2.05, 4.69) is 20.5 Å². The van der Waals surface area contributed by atoms with Crippen LogP contribution in [0.4, 0.5) is 5.69 Å². The SMILES string of the molecule is Cc1ccc(N2C(=O)[C@@H]3[C@@H](N=NN3Cc3nc(-c4ccccc4)no3)C2=O)cc1Cl. The normalized spacial score (nSPS) is 20.3. The molecule has 3 aromatic rings. The molecule has 5 rings (SSSR count). The van der Waals surface area contributed by atoms with Gasteiger partial charge in [-0.1, -0.05) is 58.4 Å². The first-order valence-electron chi connectivity index (χ1n) is 9.22. The van der Waals surface area contributed by atoms with Crippen LogP contribution in [0.25, 0.3) is 11.4 Å². The fourth-order valence-corrected chi connectivity index (χ4v) is 3.67. The van der Waals surface area contributed by atoms with E-state index in [0.29, 0.717) is 16.5 Å². The zero-order chi connectivity index (χ0) is 20.8. The first-order chi connectivity index (χ1) is 14.5. The Kier molecular flexibility index (Phi) is 4.32. The van der Waals surface area contributed by atoms with Gasteiger partial charge in [-0.05, 0) is 24.6 Å². The molecular formula is C20H15ClN6O3. The number of rotatable bonds is 4. The Balaban J connectivity index is 1.38. The lowest BCUT2D eigenvalue weighted by atomic mass is 10.1. The van der Waals surface area contributed by atoms with Gasteiger partial charge in [0.1, 0.15) is 6.54 Å². The Labute approximate surface area is 175 Å². The lowest BCUT2D eigenvalue weighted by Crippen LogP contribution is -2.39. The number of fused-ring (bicyclic) bond motifs is 1. The number of carbonyl (C=O) groups is 2. The molecule has 1 fully saturated rings. The van der Waals surface area contributed by atoms with Gasteiger partial charge in [0.25, 0.3) is 11.8 Å². The van der Waals surface area contributed by atoms with Crippen molar-refractivity contribution in [3.8, 4) is 11.4 Å². The molecule has 0 unspecified atom stereocenters. The van der Waals surface area contributed by atoms with E-state index in [1.807, 2.05) is 37.3 Å². The van der Waals surface area contributed by atoms with Gasteiger partial charge in [0, 0.05) is 10.6 Å². The van der Waals surface area contributed by atoms with Crippen LogP contribution < -0.4 is 4.90 Å². The number of halogens is 1. The second-order valence-corrected chi connectivity index (χ2v) is 7.42. The molecule has 10 heteroatoms. The first-order valence-corrected chi connectivity index (χ1v) is 9.60. The van der Waals surface area contributed by atoms with E-state index in [9.17, 15) is 9.59 Å². The molecule has 2 aliphatic rings. The average Bonchev–Trinajstić information content (AvgIpc) is 3.44. The Morgan fingerprint density at radius 3 is 2.67 bits per heavy atom. The summed E-state index contributed by atoms with van der Waals surface area (Å²) in [6.07, 6.45) is 0. The van der Waals surface area contributed by atoms with E-state index in [-0.39, 0.29) is 12.4 Å². The summed E-state index contributed by atoms with van der Waals surface area (Å²) >= 11 is 6.17. The van der Waals surface area contributed by atoms with E-state index < -0.39 is 23.9 Å². The van der Waals surface area contributed by atoms with Gasteiger partial charge >= 0.3 is 0 Å². The van der Waals surface area contributed by atoms with Crippen molar-refractivity contribution >= 4 is 29.1 Å². The molecule has 0 aliphatic carbocycles. The third kappa shape index (κ3) is 2.94. The zero-order valence-electron chi connectivity index (χ0n) is 15.8. The Hall–Kier alpha value is -3.59. The number of imide groups is 1. The molecule has 0 radical (unpaired) electrons. The quantitative estimate of drug-likeness (QED) is 0.598. The van der Waals surface area contributed by atoms with Crippen molar-refractivity contribution in [3.63, 3.8) is 0 Å². The highest BCUT2D eigenvalue weighted by atomic mass is 35.5. The molecule has 2 amide bonds. The van der Waals surface area contributed by atoms with Gasteiger partial charge in [0.15, 0.2) is 12.1 Å². The molecule has 3 heterocycles. The topological polar surface area (TPSA) is 104 Å². The van der Waals surface area contributed by atoms with E-state index in [0.717, 1.165) is 16.0 Å². The molecule has 0 bridgehead atoms. The number of amides is 2. The van der Waals surface area contributed by atoms with Gasteiger partial charge in [0.2, 0.25) is 11.7 Å². The highest BCUT2D eigenvalue weighted by Crippen LogP contribution is 2.34. The Bertz CT molecular complexity index is 1180. The highest BCUT2D eigenvalue weighted by molar-refractivity contribution is 6.32. The number of aryl methyl sites for hydroxylation is 1. The summed E-state index contributed by atoms with van der Waals surface area (Å²) in [5.41, 5.74) is 2.07. The average molecular weight is 423 g/mol. The van der Waals surface area contributed by atoms with Crippen molar-refractivity contribution in [2.75, 3.05) is 4.90 Å². The van der Waals surface area contributed by atoms with Gasteiger partial charge in [-0.25, -0.2) is 4.90 Å². The summed E-state index contributed by atoms with van der Waals surface area (Å²) in [4.78, 5) is 31.3. The van der Waals surface area contributed by atoms with Crippen LogP contribution in [-0.4, -0.2) is 39.0 Å². The van der Waals surface area contributed by atoms with Crippen molar-refractivity contribution in [3.05, 3.63) is 65.0 Å². The summed E-state index contributed by atoms with van der Waals surface area (Å²) in [5.74, 6) is -0.155. The lowest BCUT2D eigenvalue weighted by molar-refractivity contribution is -0.123. The third-order valence-electron chi connectivity index (χ3n) is 5.07. The molecule has 150 valence electrons. The maximum Gasteiger partial charge on any atom is 0.263 e. The van der Waals surface area contributed by atoms with Gasteiger partial charge < -0.3 is 4.52 Å². The van der Waals surface area contributed by atoms with Gasteiger partial charge in [-0.3, -0.25) is 14.6 Å². The maximum atomic E-state index is 13.1. The molecule has 2 aromatic carbocycles. The minimum atomic E-state index is -0.908. The Morgan fingerprint density at radius 1 is 1.10 bits per heavy atom. The maximum absolute atomic E-state index is 13.1. The van der Waals surface area contributed by atoms with Gasteiger partial charge in [-0.2, -0.15) is 10.1 Å². The van der Waals surface area contributed by atoms with Crippen molar-refractivity contribution in [2.45, 2.75) is 25.6 Å². The number of hydrogen-bond donors (Lipinski definition) is 0. The number of hydrogen-bond acceptors (Lipinski definition) is 8. The summed E-state index contributed by atoms with van der Waals surface area (Å²) in [5, 5.41) is 13.8. The lowest BCUT2D eigenvalue weighted by Gasteiger charge is -2.19. The van der Waals surface area contributed by atoms with Crippen LogP contribution in [0.3, 0.4) is 0 Å². The molecule has 2 atom stereocenters. The van der Waals surface area contributed by atoms with Crippen molar-refractivity contribution in [1.29, 1.82) is 0 Å². The molecule has 0 spiro atoms. The number of carbonyl (C=O) groups excluding carboxylic acids is 2. The fraction of sp³-hybridized carbons (Fsp3) is 0.200. The largest absolute Gasteiger partial charge is 0.337 e. The van der Waals surface area contributed by atoms with Gasteiger partial charge in [-0.15, -0.1) is 0 Å². The predicted octanol–water partition coefficient (Wildman–Crippen LogP) is 3.19. The van der Waals surface area contributed by atoms with Crippen LogP contribution in [0.15, 0.2) is 63.4 Å². The third-order valence-corrected chi connectivity index (χ3v) is 5.48. The predicted molar refractivity (Wildman–Crippen MR) is 106 cm³/mol. The van der Waals surface area contributed by atoms with Gasteiger partial charge in [0.05, 0.1) is 5.69 Å². The standard InChI is InChI=1S/C20H15ClN6O3/c1-11-7-8-13(9-14(11)21)27-19(28)16-17(20(27)29)26(25-23-16)10-15-22-18(24-30-15)12-5-3-2-4-6-12/h2-9,16-17H,10H2,1H3/t16-,17+/m1/s1. The molecular weight excluding hydrogens is 408 g/mol. The number of nitrogens with zero attached hydrogens (tertiary/aromatic N) is 6. The molecule has 1 saturated heterocycles. The van der Waals surface area contributed by atoms with Crippen LogP contribution in [0, 0.1) is 6.92 Å². The zero-order valence-corrected chi connectivity index (χ0v) is 16.5. The smallest absolute Gasteiger partial charge is 0.263 e. The van der Waals surface area contributed by atoms with Crippen LogP contribution in [-0.2, 0) is 16.1 Å². The van der Waals surface area contributed by atoms with Crippen molar-refractivity contribution in [2.24, 2.45) is 10.3 Å². The number of benzene rings is 2. The molecule has 9 nitrogen and oxygen atoms in total. The van der Waals surface area contributed by atoms with Crippen molar-refractivity contribution in [1.82, 2.24) is 15.1 Å². The van der Waals surface area contributed by atoms with Crippen LogP contribution in [0.2, 0.25) is 5.02 Å². The molecule has 1 aromatic heterocycles. The molecule has 30 heavy (non-hydrogen) atoms. The van der Waals surface area contributed by atoms with E-state index in [1.54, 1.807) is 18.2 Å². The summed E-state index contributed by atoms with van der Waals surface area (Å²) in [6, 6.07) is 12.6. The van der Waals surface area contributed by atoms with E-state index >= 15 is 0 Å². The van der Waals surface area contributed by atoms with Crippen LogP contribution in [0.1, 0.15) is 11.5 Å². The second kappa shape index (κ2) is 7.03. The highest BCUT2D eigenvalue weighted by Gasteiger charge is 2.55. The number of aromatic nitrogens is 2. The molecule has 0 saturated carbocycles. The minimum Gasteiger partial charge on any atom is -0.337 e. The van der Waals surface area contributed by atoms with E-state index in [1.165, 1.54) is 5.01 Å². The monoisotopic (exact) mass is 422 g/mol. The summed E-state index contributed by atoms with van der Waals surface area (Å²) in [7, 11) is 0. The number of anilines is 1. The second-order valence-electron chi connectivity index (χ2n) is 7.02. The summed E-state index contributed by atoms with van der Waals surface area (Å²) in [6.45, 7) is 1.91. The molecule has 0 N–H and O–H groups in total.